The van der Waals surface area contributed by atoms with Crippen molar-refractivity contribution in [3.63, 3.8) is 0 Å². The normalized spacial score (nSPS) is 11.6. The Hall–Kier alpha value is -2.52. The lowest BCUT2D eigenvalue weighted by Gasteiger charge is -2.13. The number of ether oxygens (including phenoxy) is 1. The van der Waals surface area contributed by atoms with Crippen molar-refractivity contribution in [2.45, 2.75) is 6.18 Å². The lowest BCUT2D eigenvalue weighted by molar-refractivity contribution is -0.153. The Morgan fingerprint density at radius 2 is 1.93 bits per heavy atom. The number of benzene rings is 2. The van der Waals surface area contributed by atoms with Crippen LogP contribution in [0.1, 0.15) is 0 Å². The molecule has 2 aromatic heterocycles. The van der Waals surface area contributed by atoms with E-state index in [4.69, 9.17) is 4.74 Å². The highest BCUT2D eigenvalue weighted by Gasteiger charge is 2.28. The minimum atomic E-state index is -4.40. The number of aryl methyl sites for hydroxylation is 1. The van der Waals surface area contributed by atoms with E-state index in [-0.39, 0.29) is 18.2 Å². The number of anilines is 2. The number of aromatic nitrogens is 3. The van der Waals surface area contributed by atoms with Gasteiger partial charge >= 0.3 is 6.18 Å². The smallest absolute Gasteiger partial charge is 0.422 e. The number of hydrogen-bond donors (Lipinski definition) is 1. The number of alkyl halides is 3. The molecule has 10 heteroatoms. The Morgan fingerprint density at radius 1 is 1.15 bits per heavy atom. The van der Waals surface area contributed by atoms with E-state index < -0.39 is 12.8 Å². The van der Waals surface area contributed by atoms with Crippen LogP contribution in [-0.2, 0) is 7.05 Å². The average molecular weight is 415 g/mol. The molecule has 0 bridgehead atoms. The molecule has 4 aromatic rings. The van der Waals surface area contributed by atoms with Crippen LogP contribution >= 0.6 is 23.7 Å². The summed E-state index contributed by atoms with van der Waals surface area (Å²) in [6.45, 7) is -1.35. The third kappa shape index (κ3) is 3.93. The largest absolute Gasteiger partial charge is 0.482 e. The molecule has 0 unspecified atom stereocenters. The maximum Gasteiger partial charge on any atom is 0.422 e. The number of fused-ring (bicyclic) bond motifs is 3. The number of nitrogens with one attached hydrogen (secondary N) is 1. The fraction of sp³-hybridized carbons (Fsp3) is 0.176. The Bertz CT molecular complexity index is 1090. The van der Waals surface area contributed by atoms with Gasteiger partial charge in [-0.05, 0) is 24.3 Å². The van der Waals surface area contributed by atoms with Gasteiger partial charge in [0, 0.05) is 7.05 Å². The van der Waals surface area contributed by atoms with Gasteiger partial charge in [0.1, 0.15) is 16.8 Å². The second-order valence-corrected chi connectivity index (χ2v) is 6.71. The second kappa shape index (κ2) is 7.24. The first-order valence-corrected chi connectivity index (χ1v) is 8.48. The third-order valence-corrected chi connectivity index (χ3v) is 4.71. The molecule has 1 N–H and O–H groups in total. The predicted molar refractivity (Wildman–Crippen MR) is 102 cm³/mol. The predicted octanol–water partition coefficient (Wildman–Crippen LogP) is 5.29. The Labute approximate surface area is 162 Å². The van der Waals surface area contributed by atoms with E-state index in [1.54, 1.807) is 24.5 Å². The Balaban J connectivity index is 0.00000210. The van der Waals surface area contributed by atoms with Gasteiger partial charge in [0.05, 0.1) is 22.2 Å². The van der Waals surface area contributed by atoms with E-state index in [2.05, 4.69) is 15.3 Å². The van der Waals surface area contributed by atoms with Crippen LogP contribution in [-0.4, -0.2) is 27.3 Å². The quantitative estimate of drug-likeness (QED) is 0.493. The van der Waals surface area contributed by atoms with E-state index in [9.17, 15) is 13.2 Å². The molecule has 0 saturated carbocycles. The van der Waals surface area contributed by atoms with Gasteiger partial charge in [-0.1, -0.05) is 23.5 Å². The van der Waals surface area contributed by atoms with Crippen LogP contribution in [0.4, 0.5) is 24.0 Å². The molecule has 0 aliphatic heterocycles. The van der Waals surface area contributed by atoms with Crippen LogP contribution in [0.5, 0.6) is 5.75 Å². The zero-order chi connectivity index (χ0) is 18.3. The minimum absolute atomic E-state index is 0. The maximum atomic E-state index is 12.4. The Morgan fingerprint density at radius 3 is 2.70 bits per heavy atom. The zero-order valence-electron chi connectivity index (χ0n) is 13.9. The maximum absolute atomic E-state index is 12.4. The van der Waals surface area contributed by atoms with E-state index in [0.29, 0.717) is 10.8 Å². The van der Waals surface area contributed by atoms with Crippen LogP contribution in [0.2, 0.25) is 0 Å². The van der Waals surface area contributed by atoms with Gasteiger partial charge in [0.15, 0.2) is 11.7 Å². The van der Waals surface area contributed by atoms with Crippen molar-refractivity contribution in [2.75, 3.05) is 11.9 Å². The van der Waals surface area contributed by atoms with Crippen molar-refractivity contribution in [3.8, 4) is 5.75 Å². The summed E-state index contributed by atoms with van der Waals surface area (Å²) in [6.07, 6.45) is -2.68. The van der Waals surface area contributed by atoms with Gasteiger partial charge in [-0.25, -0.2) is 9.97 Å². The molecule has 2 heterocycles. The van der Waals surface area contributed by atoms with E-state index in [0.717, 1.165) is 21.3 Å². The topological polar surface area (TPSA) is 52.0 Å². The van der Waals surface area contributed by atoms with Gasteiger partial charge < -0.3 is 14.6 Å². The summed E-state index contributed by atoms with van der Waals surface area (Å²) in [5, 5.41) is 3.61. The number of nitrogens with zero attached hydrogens (tertiary/aromatic N) is 3. The third-order valence-electron chi connectivity index (χ3n) is 3.77. The van der Waals surface area contributed by atoms with E-state index >= 15 is 0 Å². The van der Waals surface area contributed by atoms with Crippen molar-refractivity contribution < 1.29 is 17.9 Å². The molecule has 0 atom stereocenters. The molecule has 4 rings (SSSR count). The molecule has 0 aliphatic carbocycles. The van der Waals surface area contributed by atoms with Crippen LogP contribution < -0.4 is 10.1 Å². The minimum Gasteiger partial charge on any atom is -0.482 e. The number of imidazole rings is 1. The van der Waals surface area contributed by atoms with Crippen LogP contribution in [0.25, 0.3) is 21.3 Å². The highest BCUT2D eigenvalue weighted by atomic mass is 35.5. The molecule has 0 aliphatic rings. The van der Waals surface area contributed by atoms with Crippen molar-refractivity contribution in [1.29, 1.82) is 0 Å². The van der Waals surface area contributed by atoms with Crippen molar-refractivity contribution in [1.82, 2.24) is 14.5 Å². The number of hydrogen-bond acceptors (Lipinski definition) is 5. The standard InChI is InChI=1S/C17H13F3N4OS.ClH/c1-24-9-21-14-11(24)6-7-13-15(14)23-16(26-13)22-10-4-2-3-5-12(10)25-8-17(18,19)20;/h2-7,9H,8H2,1H3,(H,22,23);1H. The summed E-state index contributed by atoms with van der Waals surface area (Å²) in [5.74, 6) is 0.118. The Kier molecular flexibility index (Phi) is 5.16. The summed E-state index contributed by atoms with van der Waals surface area (Å²) < 4.78 is 45.0. The number of rotatable bonds is 4. The first-order chi connectivity index (χ1) is 12.4. The van der Waals surface area contributed by atoms with Gasteiger partial charge in [-0.15, -0.1) is 12.4 Å². The molecule has 0 fully saturated rings. The van der Waals surface area contributed by atoms with Gasteiger partial charge in [0.25, 0.3) is 0 Å². The van der Waals surface area contributed by atoms with Gasteiger partial charge in [0.2, 0.25) is 0 Å². The molecule has 0 amide bonds. The molecule has 27 heavy (non-hydrogen) atoms. The van der Waals surface area contributed by atoms with Crippen molar-refractivity contribution in [2.24, 2.45) is 7.05 Å². The number of para-hydroxylation sites is 2. The molecule has 142 valence electrons. The van der Waals surface area contributed by atoms with E-state index in [1.807, 2.05) is 23.7 Å². The van der Waals surface area contributed by atoms with Crippen molar-refractivity contribution in [3.05, 3.63) is 42.7 Å². The highest BCUT2D eigenvalue weighted by Crippen LogP contribution is 2.35. The monoisotopic (exact) mass is 414 g/mol. The number of thiazole rings is 1. The molecule has 0 saturated heterocycles. The summed E-state index contributed by atoms with van der Waals surface area (Å²) in [7, 11) is 1.90. The van der Waals surface area contributed by atoms with Crippen LogP contribution in [0, 0.1) is 0 Å². The summed E-state index contributed by atoms with van der Waals surface area (Å²) in [5.41, 5.74) is 2.93. The molecular weight excluding hydrogens is 401 g/mol. The SMILES string of the molecule is Cl.Cn1cnc2c3nc(Nc4ccccc4OCC(F)(F)F)sc3ccc21. The summed E-state index contributed by atoms with van der Waals surface area (Å²) in [4.78, 5) is 8.92. The molecule has 2 aromatic carbocycles. The molecule has 5 nitrogen and oxygen atoms in total. The van der Waals surface area contributed by atoms with Gasteiger partial charge in [-0.2, -0.15) is 13.2 Å². The van der Waals surface area contributed by atoms with Crippen molar-refractivity contribution >= 4 is 55.8 Å². The molecule has 0 spiro atoms. The molecular formula is C17H14ClF3N4OS. The zero-order valence-corrected chi connectivity index (χ0v) is 15.6. The van der Waals surface area contributed by atoms with Gasteiger partial charge in [-0.3, -0.25) is 0 Å². The lowest BCUT2D eigenvalue weighted by atomic mass is 10.3. The molecule has 0 radical (unpaired) electrons. The lowest BCUT2D eigenvalue weighted by Crippen LogP contribution is -2.19. The first kappa shape index (κ1) is 19.2. The fourth-order valence-corrected chi connectivity index (χ4v) is 3.49. The fourth-order valence-electron chi connectivity index (χ4n) is 2.61. The average Bonchev–Trinajstić information content (AvgIpc) is 3.16. The highest BCUT2D eigenvalue weighted by molar-refractivity contribution is 7.22. The number of halogens is 4. The van der Waals surface area contributed by atoms with E-state index in [1.165, 1.54) is 17.4 Å². The van der Waals surface area contributed by atoms with Crippen LogP contribution in [0.3, 0.4) is 0 Å². The van der Waals surface area contributed by atoms with Crippen LogP contribution in [0.15, 0.2) is 42.7 Å². The second-order valence-electron chi connectivity index (χ2n) is 5.68. The first-order valence-electron chi connectivity index (χ1n) is 7.67. The summed E-state index contributed by atoms with van der Waals surface area (Å²) in [6, 6.07) is 10.4. The summed E-state index contributed by atoms with van der Waals surface area (Å²) >= 11 is 1.40.